The average molecular weight is 231 g/mol. The predicted octanol–water partition coefficient (Wildman–Crippen LogP) is 2.60. The maximum absolute atomic E-state index is 2.69. The van der Waals surface area contributed by atoms with E-state index >= 15 is 0 Å². The summed E-state index contributed by atoms with van der Waals surface area (Å²) in [5.74, 6) is 0. The molecule has 0 aromatic heterocycles. The Balaban J connectivity index is 2.60. The van der Waals surface area contributed by atoms with Gasteiger partial charge in [-0.3, -0.25) is 14.0 Å². The molecule has 1 heterocycles. The molecule has 0 aromatic rings. The normalized spacial score (nSPS) is 19.4. The lowest BCUT2D eigenvalue weighted by Crippen LogP contribution is -2.37. The zero-order valence-electron chi connectivity index (χ0n) is 10.7. The molecule has 0 radical (unpaired) electrons. The molecule has 3 nitrogen and oxygen atoms in total. The van der Waals surface area contributed by atoms with E-state index < -0.39 is 0 Å². The highest BCUT2D eigenvalue weighted by Crippen LogP contribution is 2.46. The first-order valence-electron chi connectivity index (χ1n) is 6.17. The van der Waals surface area contributed by atoms with Gasteiger partial charge in [0.2, 0.25) is 0 Å². The van der Waals surface area contributed by atoms with Gasteiger partial charge >= 0.3 is 0 Å². The molecule has 0 atom stereocenters. The third kappa shape index (κ3) is 3.67. The van der Waals surface area contributed by atoms with Gasteiger partial charge in [0.25, 0.3) is 0 Å². The Labute approximate surface area is 96.3 Å². The van der Waals surface area contributed by atoms with Crippen LogP contribution in [0, 0.1) is 0 Å². The molecule has 0 bridgehead atoms. The molecule has 1 rings (SSSR count). The van der Waals surface area contributed by atoms with Crippen LogP contribution < -0.4 is 0 Å². The maximum Gasteiger partial charge on any atom is 0.119 e. The second-order valence-electron chi connectivity index (χ2n) is 4.23. The van der Waals surface area contributed by atoms with Crippen molar-refractivity contribution in [3.63, 3.8) is 0 Å². The summed E-state index contributed by atoms with van der Waals surface area (Å²) in [4.78, 5) is 0. The van der Waals surface area contributed by atoms with Gasteiger partial charge in [0.05, 0.1) is 0 Å². The first kappa shape index (κ1) is 13.4. The highest BCUT2D eigenvalue weighted by Gasteiger charge is 2.26. The minimum Gasteiger partial charge on any atom is -0.261 e. The molecule has 0 aliphatic carbocycles. The molecule has 4 heteroatoms. The minimum absolute atomic E-state index is 0.201. The Kier molecular flexibility index (Phi) is 6.06. The van der Waals surface area contributed by atoms with E-state index in [-0.39, 0.29) is 8.37 Å². The number of hydrogen-bond donors (Lipinski definition) is 0. The van der Waals surface area contributed by atoms with Crippen LogP contribution in [-0.2, 0) is 0 Å². The lowest BCUT2D eigenvalue weighted by Gasteiger charge is -2.43. The van der Waals surface area contributed by atoms with Gasteiger partial charge in [-0.05, 0) is 26.9 Å². The zero-order valence-corrected chi connectivity index (χ0v) is 11.6. The van der Waals surface area contributed by atoms with Crippen molar-refractivity contribution < 1.29 is 0 Å². The Morgan fingerprint density at radius 3 is 1.80 bits per heavy atom. The second kappa shape index (κ2) is 6.80. The van der Waals surface area contributed by atoms with E-state index in [1.165, 1.54) is 32.4 Å². The summed E-state index contributed by atoms with van der Waals surface area (Å²) in [6, 6.07) is 0. The first-order chi connectivity index (χ1) is 7.20. The van der Waals surface area contributed by atoms with E-state index in [0.717, 1.165) is 13.1 Å². The number of nitrogens with zero attached hydrogens (tertiary/aromatic N) is 3. The predicted molar refractivity (Wildman–Crippen MR) is 69.0 cm³/mol. The average Bonchev–Trinajstić information content (AvgIpc) is 2.30. The highest BCUT2D eigenvalue weighted by atomic mass is 31.2. The van der Waals surface area contributed by atoms with Crippen LogP contribution in [-0.4, -0.2) is 54.3 Å². The number of rotatable bonds is 5. The fourth-order valence-electron chi connectivity index (χ4n) is 2.00. The molecule has 1 fully saturated rings. The van der Waals surface area contributed by atoms with Crippen LogP contribution in [0.2, 0.25) is 0 Å². The Hall–Kier alpha value is 0.310. The van der Waals surface area contributed by atoms with Crippen LogP contribution in [0.4, 0.5) is 0 Å². The van der Waals surface area contributed by atoms with Crippen molar-refractivity contribution in [3.05, 3.63) is 0 Å². The monoisotopic (exact) mass is 231 g/mol. The molecule has 1 saturated heterocycles. The summed E-state index contributed by atoms with van der Waals surface area (Å²) < 4.78 is 7.69. The smallest absolute Gasteiger partial charge is 0.119 e. The molecule has 1 aliphatic rings. The molecule has 0 spiro atoms. The minimum atomic E-state index is -0.201. The van der Waals surface area contributed by atoms with Crippen molar-refractivity contribution in [2.75, 3.05) is 40.3 Å². The van der Waals surface area contributed by atoms with E-state index in [2.05, 4.69) is 42.0 Å². The van der Waals surface area contributed by atoms with Gasteiger partial charge in [-0.15, -0.1) is 0 Å². The Bertz CT molecular complexity index is 161. The summed E-state index contributed by atoms with van der Waals surface area (Å²) in [5.41, 5.74) is 0. The van der Waals surface area contributed by atoms with Crippen LogP contribution in [0.5, 0.6) is 0 Å². The molecule has 15 heavy (non-hydrogen) atoms. The number of hydrogen-bond acceptors (Lipinski definition) is 3. The lowest BCUT2D eigenvalue weighted by atomic mass is 10.2. The second-order valence-corrected chi connectivity index (χ2v) is 6.70. The van der Waals surface area contributed by atoms with Crippen LogP contribution in [0.3, 0.4) is 0 Å². The standard InChI is InChI=1S/C11H26N3P/c1-5-12(3)15(13(4)6-2)14-10-8-7-9-11-14/h5-11H2,1-4H3. The van der Waals surface area contributed by atoms with Gasteiger partial charge in [-0.1, -0.05) is 20.3 Å². The van der Waals surface area contributed by atoms with Crippen LogP contribution in [0.25, 0.3) is 0 Å². The van der Waals surface area contributed by atoms with Crippen LogP contribution in [0.1, 0.15) is 33.1 Å². The van der Waals surface area contributed by atoms with Gasteiger partial charge in [-0.25, -0.2) is 0 Å². The lowest BCUT2D eigenvalue weighted by molar-refractivity contribution is 0.320. The maximum atomic E-state index is 2.69. The van der Waals surface area contributed by atoms with E-state index in [0.29, 0.717) is 0 Å². The third-order valence-corrected chi connectivity index (χ3v) is 5.80. The quantitative estimate of drug-likeness (QED) is 0.673. The molecular formula is C11H26N3P. The fourth-order valence-corrected chi connectivity index (χ4v) is 4.53. The molecule has 0 unspecified atom stereocenters. The Morgan fingerprint density at radius 2 is 1.40 bits per heavy atom. The summed E-state index contributed by atoms with van der Waals surface area (Å²) in [6.07, 6.45) is 4.19. The van der Waals surface area contributed by atoms with Crippen molar-refractivity contribution in [3.8, 4) is 0 Å². The van der Waals surface area contributed by atoms with Crippen LogP contribution >= 0.6 is 8.37 Å². The van der Waals surface area contributed by atoms with Crippen LogP contribution in [0.15, 0.2) is 0 Å². The molecule has 0 aromatic carbocycles. The number of piperidine rings is 1. The summed E-state index contributed by atoms with van der Waals surface area (Å²) in [5, 5.41) is 0. The first-order valence-corrected chi connectivity index (χ1v) is 7.37. The zero-order chi connectivity index (χ0) is 11.3. The van der Waals surface area contributed by atoms with Gasteiger partial charge in [0, 0.05) is 26.2 Å². The van der Waals surface area contributed by atoms with E-state index in [1.807, 2.05) is 0 Å². The van der Waals surface area contributed by atoms with Gasteiger partial charge in [-0.2, -0.15) is 0 Å². The van der Waals surface area contributed by atoms with Gasteiger partial charge in [0.15, 0.2) is 0 Å². The SMILES string of the molecule is CCN(C)P(N(C)CC)N1CCCCC1. The molecule has 0 amide bonds. The van der Waals surface area contributed by atoms with Crippen molar-refractivity contribution in [2.24, 2.45) is 0 Å². The van der Waals surface area contributed by atoms with Crippen molar-refractivity contribution in [2.45, 2.75) is 33.1 Å². The highest BCUT2D eigenvalue weighted by molar-refractivity contribution is 7.50. The van der Waals surface area contributed by atoms with E-state index in [9.17, 15) is 0 Å². The fraction of sp³-hybridized carbons (Fsp3) is 1.00. The molecular weight excluding hydrogens is 205 g/mol. The molecule has 0 saturated carbocycles. The molecule has 90 valence electrons. The van der Waals surface area contributed by atoms with Crippen molar-refractivity contribution in [1.29, 1.82) is 0 Å². The molecule has 0 N–H and O–H groups in total. The topological polar surface area (TPSA) is 9.72 Å². The van der Waals surface area contributed by atoms with E-state index in [1.54, 1.807) is 0 Å². The van der Waals surface area contributed by atoms with E-state index in [4.69, 9.17) is 0 Å². The largest absolute Gasteiger partial charge is 0.261 e. The Morgan fingerprint density at radius 1 is 0.933 bits per heavy atom. The third-order valence-electron chi connectivity index (χ3n) is 3.11. The summed E-state index contributed by atoms with van der Waals surface area (Å²) in [7, 11) is 4.31. The molecule has 1 aliphatic heterocycles. The van der Waals surface area contributed by atoms with Crippen molar-refractivity contribution in [1.82, 2.24) is 14.0 Å². The van der Waals surface area contributed by atoms with Crippen molar-refractivity contribution >= 4 is 8.37 Å². The van der Waals surface area contributed by atoms with Gasteiger partial charge in [0.1, 0.15) is 8.37 Å². The summed E-state index contributed by atoms with van der Waals surface area (Å²) in [6.45, 7) is 9.38. The van der Waals surface area contributed by atoms with Gasteiger partial charge < -0.3 is 0 Å². The summed E-state index contributed by atoms with van der Waals surface area (Å²) >= 11 is 0.